The second kappa shape index (κ2) is 6.43. The van der Waals surface area contributed by atoms with Gasteiger partial charge in [0.05, 0.1) is 12.8 Å². The molecule has 3 aromatic rings. The maximum Gasteiger partial charge on any atom is 0.232 e. The van der Waals surface area contributed by atoms with E-state index in [0.717, 1.165) is 41.9 Å². The van der Waals surface area contributed by atoms with Gasteiger partial charge in [-0.1, -0.05) is 30.3 Å². The molecule has 0 atom stereocenters. The van der Waals surface area contributed by atoms with Crippen molar-refractivity contribution in [1.82, 2.24) is 9.97 Å². The van der Waals surface area contributed by atoms with Crippen molar-refractivity contribution in [3.8, 4) is 5.75 Å². The molecule has 0 aliphatic carbocycles. The quantitative estimate of drug-likeness (QED) is 0.775. The monoisotopic (exact) mass is 332 g/mol. The minimum Gasteiger partial charge on any atom is -0.495 e. The van der Waals surface area contributed by atoms with Crippen LogP contribution in [0, 0.1) is 6.92 Å². The molecule has 1 N–H and O–H groups in total. The predicted molar refractivity (Wildman–Crippen MR) is 100 cm³/mol. The highest BCUT2D eigenvalue weighted by Gasteiger charge is 2.22. The average Bonchev–Trinajstić information content (AvgIpc) is 3.06. The summed E-state index contributed by atoms with van der Waals surface area (Å²) in [5.41, 5.74) is 4.34. The molecule has 0 saturated carbocycles. The number of methoxy groups -OCH3 is 1. The zero-order valence-corrected chi connectivity index (χ0v) is 14.4. The van der Waals surface area contributed by atoms with Crippen LogP contribution in [-0.4, -0.2) is 23.6 Å². The number of aryl methyl sites for hydroxylation is 1. The van der Waals surface area contributed by atoms with E-state index < -0.39 is 0 Å². The van der Waals surface area contributed by atoms with Gasteiger partial charge in [0, 0.05) is 24.0 Å². The number of hydrogen-bond acceptors (Lipinski definition) is 5. The molecular weight excluding hydrogens is 312 g/mol. The first-order chi connectivity index (χ1) is 12.2. The highest BCUT2D eigenvalue weighted by molar-refractivity contribution is 5.68. The van der Waals surface area contributed by atoms with Crippen molar-refractivity contribution < 1.29 is 4.74 Å². The van der Waals surface area contributed by atoms with Crippen molar-refractivity contribution in [3.63, 3.8) is 0 Å². The Morgan fingerprint density at radius 1 is 1.04 bits per heavy atom. The van der Waals surface area contributed by atoms with E-state index >= 15 is 0 Å². The van der Waals surface area contributed by atoms with Gasteiger partial charge < -0.3 is 15.0 Å². The van der Waals surface area contributed by atoms with Crippen LogP contribution in [0.25, 0.3) is 0 Å². The third-order valence-electron chi connectivity index (χ3n) is 4.34. The molecule has 4 rings (SSSR count). The van der Waals surface area contributed by atoms with E-state index in [1.54, 1.807) is 7.11 Å². The molecule has 126 valence electrons. The lowest BCUT2D eigenvalue weighted by atomic mass is 10.2. The molecule has 2 aromatic carbocycles. The number of ether oxygens (including phenoxy) is 1. The van der Waals surface area contributed by atoms with Crippen molar-refractivity contribution in [3.05, 3.63) is 65.9 Å². The van der Waals surface area contributed by atoms with Crippen LogP contribution >= 0.6 is 0 Å². The fraction of sp³-hybridized carbons (Fsp3) is 0.200. The lowest BCUT2D eigenvalue weighted by molar-refractivity contribution is 0.417. The third kappa shape index (κ3) is 3.01. The predicted octanol–water partition coefficient (Wildman–Crippen LogP) is 4.23. The molecule has 0 fully saturated rings. The van der Waals surface area contributed by atoms with E-state index in [0.29, 0.717) is 0 Å². The first-order valence-corrected chi connectivity index (χ1v) is 8.36. The van der Waals surface area contributed by atoms with E-state index in [1.165, 1.54) is 11.3 Å². The van der Waals surface area contributed by atoms with Crippen molar-refractivity contribution >= 4 is 23.1 Å². The fourth-order valence-electron chi connectivity index (χ4n) is 3.17. The zero-order chi connectivity index (χ0) is 17.2. The Morgan fingerprint density at radius 2 is 1.84 bits per heavy atom. The van der Waals surface area contributed by atoms with Gasteiger partial charge in [-0.15, -0.1) is 0 Å². The van der Waals surface area contributed by atoms with Gasteiger partial charge >= 0.3 is 0 Å². The average molecular weight is 332 g/mol. The van der Waals surface area contributed by atoms with E-state index in [4.69, 9.17) is 9.72 Å². The molecule has 0 radical (unpaired) electrons. The van der Waals surface area contributed by atoms with Crippen LogP contribution in [0.4, 0.5) is 23.1 Å². The van der Waals surface area contributed by atoms with Crippen LogP contribution in [-0.2, 0) is 6.42 Å². The first kappa shape index (κ1) is 15.4. The number of nitrogens with one attached hydrogen (secondary N) is 1. The summed E-state index contributed by atoms with van der Waals surface area (Å²) in [6.45, 7) is 2.89. The topological polar surface area (TPSA) is 50.3 Å². The SMILES string of the molecule is COc1ccccc1Nc1cc(C)nc(N2CCc3ccccc32)n1. The first-order valence-electron chi connectivity index (χ1n) is 8.36. The Hall–Kier alpha value is -3.08. The number of fused-ring (bicyclic) bond motifs is 1. The lowest BCUT2D eigenvalue weighted by Gasteiger charge is -2.19. The van der Waals surface area contributed by atoms with E-state index in [-0.39, 0.29) is 0 Å². The molecule has 0 unspecified atom stereocenters. The van der Waals surface area contributed by atoms with Crippen molar-refractivity contribution in [1.29, 1.82) is 0 Å². The number of nitrogens with zero attached hydrogens (tertiary/aromatic N) is 3. The standard InChI is InChI=1S/C20H20N4O/c1-14-13-19(22-16-8-4-6-10-18(16)25-2)23-20(21-14)24-12-11-15-7-3-5-9-17(15)24/h3-10,13H,11-12H2,1-2H3,(H,21,22,23). The summed E-state index contributed by atoms with van der Waals surface area (Å²) in [5.74, 6) is 2.27. The number of rotatable bonds is 4. The van der Waals surface area contributed by atoms with Gasteiger partial charge in [0.1, 0.15) is 11.6 Å². The highest BCUT2D eigenvalue weighted by Crippen LogP contribution is 2.33. The minimum absolute atomic E-state index is 0.724. The highest BCUT2D eigenvalue weighted by atomic mass is 16.5. The summed E-state index contributed by atoms with van der Waals surface area (Å²) in [4.78, 5) is 11.6. The largest absolute Gasteiger partial charge is 0.495 e. The molecule has 1 aromatic heterocycles. The van der Waals surface area contributed by atoms with Gasteiger partial charge in [0.2, 0.25) is 5.95 Å². The van der Waals surface area contributed by atoms with E-state index in [1.807, 2.05) is 37.3 Å². The summed E-state index contributed by atoms with van der Waals surface area (Å²) < 4.78 is 5.41. The van der Waals surface area contributed by atoms with Crippen molar-refractivity contribution in [2.45, 2.75) is 13.3 Å². The van der Waals surface area contributed by atoms with Gasteiger partial charge in [-0.3, -0.25) is 0 Å². The molecular formula is C20H20N4O. The Morgan fingerprint density at radius 3 is 2.72 bits per heavy atom. The normalized spacial score (nSPS) is 12.8. The number of para-hydroxylation sites is 3. The van der Waals surface area contributed by atoms with Crippen LogP contribution in [0.15, 0.2) is 54.6 Å². The van der Waals surface area contributed by atoms with Crippen LogP contribution < -0.4 is 15.0 Å². The van der Waals surface area contributed by atoms with E-state index in [2.05, 4.69) is 39.5 Å². The van der Waals surface area contributed by atoms with Crippen LogP contribution in [0.2, 0.25) is 0 Å². The summed E-state index contributed by atoms with van der Waals surface area (Å²) in [6.07, 6.45) is 1.02. The molecule has 0 saturated heterocycles. The van der Waals surface area contributed by atoms with Crippen LogP contribution in [0.1, 0.15) is 11.3 Å². The summed E-state index contributed by atoms with van der Waals surface area (Å²) in [5, 5.41) is 3.35. The zero-order valence-electron chi connectivity index (χ0n) is 14.4. The van der Waals surface area contributed by atoms with Gasteiger partial charge in [-0.05, 0) is 37.1 Å². The maximum atomic E-state index is 5.41. The Balaban J connectivity index is 1.68. The van der Waals surface area contributed by atoms with Gasteiger partial charge in [-0.2, -0.15) is 4.98 Å². The van der Waals surface area contributed by atoms with E-state index in [9.17, 15) is 0 Å². The maximum absolute atomic E-state index is 5.41. The fourth-order valence-corrected chi connectivity index (χ4v) is 3.17. The smallest absolute Gasteiger partial charge is 0.232 e. The van der Waals surface area contributed by atoms with Crippen LogP contribution in [0.5, 0.6) is 5.75 Å². The summed E-state index contributed by atoms with van der Waals surface area (Å²) in [7, 11) is 1.67. The molecule has 25 heavy (non-hydrogen) atoms. The van der Waals surface area contributed by atoms with Crippen molar-refractivity contribution in [2.75, 3.05) is 23.9 Å². The molecule has 1 aliphatic rings. The molecule has 0 bridgehead atoms. The molecule has 1 aliphatic heterocycles. The molecule has 0 spiro atoms. The molecule has 2 heterocycles. The molecule has 0 amide bonds. The Kier molecular flexibility index (Phi) is 3.98. The summed E-state index contributed by atoms with van der Waals surface area (Å²) >= 11 is 0. The van der Waals surface area contributed by atoms with Gasteiger partial charge in [0.15, 0.2) is 0 Å². The molecule has 5 heteroatoms. The second-order valence-electron chi connectivity index (χ2n) is 6.05. The third-order valence-corrected chi connectivity index (χ3v) is 4.34. The number of aromatic nitrogens is 2. The number of anilines is 4. The minimum atomic E-state index is 0.724. The molecule has 5 nitrogen and oxygen atoms in total. The lowest BCUT2D eigenvalue weighted by Crippen LogP contribution is -2.17. The van der Waals surface area contributed by atoms with Crippen molar-refractivity contribution in [2.24, 2.45) is 0 Å². The second-order valence-corrected chi connectivity index (χ2v) is 6.05. The number of benzene rings is 2. The van der Waals surface area contributed by atoms with Crippen LogP contribution in [0.3, 0.4) is 0 Å². The van der Waals surface area contributed by atoms with Gasteiger partial charge in [0.25, 0.3) is 0 Å². The Bertz CT molecular complexity index is 910. The summed E-state index contributed by atoms with van der Waals surface area (Å²) in [6, 6.07) is 18.2. The number of hydrogen-bond donors (Lipinski definition) is 1. The van der Waals surface area contributed by atoms with Gasteiger partial charge in [-0.25, -0.2) is 4.98 Å². The Labute approximate surface area is 147 Å².